The highest BCUT2D eigenvalue weighted by atomic mass is 33.1. The smallest absolute Gasteiger partial charge is 0.326 e. The number of carboxylic acids is 1. The summed E-state index contributed by atoms with van der Waals surface area (Å²) in [6.07, 6.45) is 0.896. The third-order valence-electron chi connectivity index (χ3n) is 20.6. The van der Waals surface area contributed by atoms with Crippen LogP contribution in [0, 0.1) is 39.9 Å². The fourth-order valence-electron chi connectivity index (χ4n) is 12.2. The zero-order valence-electron chi connectivity index (χ0n) is 72.6. The molecule has 53 heteroatoms. The van der Waals surface area contributed by atoms with Crippen molar-refractivity contribution < 1.29 is 91.4 Å². The molecule has 127 heavy (non-hydrogen) atoms. The molecule has 4 bridgehead atoms. The van der Waals surface area contributed by atoms with Gasteiger partial charge in [0.25, 0.3) is 0 Å². The molecule has 0 spiro atoms. The van der Waals surface area contributed by atoms with Crippen molar-refractivity contribution in [3.05, 3.63) is 0 Å². The maximum absolute atomic E-state index is 15.5. The number of carbonyl (C=O) groups is 18. The lowest BCUT2D eigenvalue weighted by Crippen LogP contribution is -2.62. The van der Waals surface area contributed by atoms with Crippen molar-refractivity contribution in [2.24, 2.45) is 52.3 Å². The predicted octanol–water partition coefficient (Wildman–Crippen LogP) is -7.55. The number of hydrogen-bond acceptors (Lipinski definition) is 29. The lowest BCUT2D eigenvalue weighted by atomic mass is 9.97. The molecule has 0 aromatic heterocycles. The van der Waals surface area contributed by atoms with Crippen LogP contribution in [-0.2, 0) is 86.3 Å². The Morgan fingerprint density at radius 3 is 1.28 bits per heavy atom. The highest BCUT2D eigenvalue weighted by molar-refractivity contribution is 8.77. The van der Waals surface area contributed by atoms with Gasteiger partial charge in [-0.3, -0.25) is 97.7 Å². The molecule has 34 N–H and O–H groups in total. The molecule has 3 rings (SSSR count). The van der Waals surface area contributed by atoms with Crippen molar-refractivity contribution in [1.29, 1.82) is 16.2 Å². The largest absolute Gasteiger partial charge is 0.480 e. The Morgan fingerprint density at radius 2 is 0.827 bits per heavy atom. The maximum atomic E-state index is 15.5. The van der Waals surface area contributed by atoms with Crippen LogP contribution in [0.4, 0.5) is 0 Å². The number of guanidine groups is 3. The van der Waals surface area contributed by atoms with Crippen molar-refractivity contribution >= 4 is 189 Å². The zero-order valence-corrected chi connectivity index (χ0v) is 77.5. The summed E-state index contributed by atoms with van der Waals surface area (Å²) in [7, 11) is 5.01. The SMILES string of the molecule is CC[C@H](C)[C@H](NC(=O)CN)C(=O)N[C@H]1CSSC[C@@H](C(=O)NCC(=O)N[C@@H](CCCNC(=N)N)C(=O)O)NC(=O)[C@H]([C@@H](C)CC)NC(=O)[C@@H]2CSSC[C@H](NC(=O)[C@H](CCCNC(=N)N)NC1=O)C(=O)N[C@@H]([C@@H](C)CC)C(=O)N[C@H]1CSSC[C@H](NC(=O)[C@H]([C@@H](C)CC)NC(=O)CNC(=O)[C@H](CCCCN)NC(=O)CNC1=O)C(=O)N[C@@H](CCCNC(=N)N)C(=O)N2. The maximum Gasteiger partial charge on any atom is 0.326 e. The average Bonchev–Trinajstić information content (AvgIpc) is 0.841. The molecule has 3 heterocycles. The molecule has 716 valence electrons. The summed E-state index contributed by atoms with van der Waals surface area (Å²) in [4.78, 5) is 261. The number of unbranched alkanes of at least 4 members (excludes halogenated alkanes) is 1. The number of nitrogens with one attached hydrogen (secondary N) is 23. The molecule has 0 aromatic rings. The molecule has 3 fully saturated rings. The Balaban J connectivity index is 2.56. The summed E-state index contributed by atoms with van der Waals surface area (Å²) in [6.45, 7) is 10.4. The van der Waals surface area contributed by atoms with E-state index in [1.165, 1.54) is 0 Å². The van der Waals surface area contributed by atoms with Gasteiger partial charge < -0.3 is 140 Å². The first-order valence-corrected chi connectivity index (χ1v) is 49.3. The van der Waals surface area contributed by atoms with Crippen molar-refractivity contribution in [3.63, 3.8) is 0 Å². The Hall–Kier alpha value is -9.71. The van der Waals surface area contributed by atoms with E-state index in [-0.39, 0.29) is 96.3 Å². The van der Waals surface area contributed by atoms with Gasteiger partial charge in [0.1, 0.15) is 84.6 Å². The van der Waals surface area contributed by atoms with Crippen LogP contribution in [0.15, 0.2) is 0 Å². The van der Waals surface area contributed by atoms with E-state index in [2.05, 4.69) is 106 Å². The van der Waals surface area contributed by atoms with Crippen LogP contribution in [0.2, 0.25) is 0 Å². The van der Waals surface area contributed by atoms with Gasteiger partial charge in [0.15, 0.2) is 17.9 Å². The second-order valence-corrected chi connectivity index (χ2v) is 38.1. The fraction of sp³-hybridized carbons (Fsp3) is 0.716. The molecule has 3 aliphatic heterocycles. The molecular formula is C74H130N28O19S6. The van der Waals surface area contributed by atoms with Crippen molar-refractivity contribution in [1.82, 2.24) is 106 Å². The molecule has 3 aliphatic rings. The Bertz CT molecular complexity index is 3770. The summed E-state index contributed by atoms with van der Waals surface area (Å²) < 4.78 is 0. The van der Waals surface area contributed by atoms with E-state index in [9.17, 15) is 53.1 Å². The third kappa shape index (κ3) is 41.9. The molecule has 17 amide bonds. The van der Waals surface area contributed by atoms with E-state index in [0.29, 0.717) is 19.3 Å². The third-order valence-corrected chi connectivity index (χ3v) is 27.8. The van der Waals surface area contributed by atoms with Crippen LogP contribution < -0.4 is 135 Å². The number of nitrogens with two attached hydrogens (primary N) is 5. The van der Waals surface area contributed by atoms with Gasteiger partial charge in [0.05, 0.1) is 26.2 Å². The summed E-state index contributed by atoms with van der Waals surface area (Å²) in [5, 5.41) is 85.1. The lowest BCUT2D eigenvalue weighted by Gasteiger charge is -2.30. The summed E-state index contributed by atoms with van der Waals surface area (Å²) in [6, 6.07) is -22.2. The lowest BCUT2D eigenvalue weighted by molar-refractivity contribution is -0.142. The molecule has 0 radical (unpaired) electrons. The normalized spacial score (nSPS) is 24.7. The van der Waals surface area contributed by atoms with Crippen LogP contribution in [0.5, 0.6) is 0 Å². The summed E-state index contributed by atoms with van der Waals surface area (Å²) in [5.74, 6) is -24.9. The number of fused-ring (bicyclic) bond motifs is 10. The van der Waals surface area contributed by atoms with Crippen LogP contribution in [0.1, 0.15) is 139 Å². The van der Waals surface area contributed by atoms with Crippen molar-refractivity contribution in [2.45, 2.75) is 223 Å². The van der Waals surface area contributed by atoms with Gasteiger partial charge in [-0.25, -0.2) is 4.79 Å². The van der Waals surface area contributed by atoms with Crippen LogP contribution in [0.3, 0.4) is 0 Å². The average molecular weight is 1910 g/mol. The number of carboxylic acid groups (broad SMARTS) is 1. The van der Waals surface area contributed by atoms with Gasteiger partial charge in [-0.2, -0.15) is 0 Å². The minimum absolute atomic E-state index is 0.0125. The van der Waals surface area contributed by atoms with Gasteiger partial charge in [0.2, 0.25) is 100 Å². The number of carbonyl (C=O) groups excluding carboxylic acids is 17. The second-order valence-electron chi connectivity index (χ2n) is 30.5. The van der Waals surface area contributed by atoms with Gasteiger partial charge >= 0.3 is 5.97 Å². The highest BCUT2D eigenvalue weighted by Crippen LogP contribution is 2.28. The van der Waals surface area contributed by atoms with Gasteiger partial charge in [-0.05, 0) is 88.0 Å². The van der Waals surface area contributed by atoms with E-state index in [4.69, 9.17) is 44.9 Å². The molecule has 0 aliphatic carbocycles. The van der Waals surface area contributed by atoms with E-state index >= 15 is 38.4 Å². The number of amides is 17. The molecule has 18 atom stereocenters. The molecule has 0 saturated carbocycles. The zero-order chi connectivity index (χ0) is 95.0. The van der Waals surface area contributed by atoms with Gasteiger partial charge in [0, 0.05) is 54.2 Å². The minimum atomic E-state index is -1.77. The van der Waals surface area contributed by atoms with Gasteiger partial charge in [-0.1, -0.05) is 146 Å². The highest BCUT2D eigenvalue weighted by Gasteiger charge is 2.41. The number of rotatable bonds is 33. The molecule has 0 aromatic carbocycles. The quantitative estimate of drug-likeness (QED) is 0.0126. The van der Waals surface area contributed by atoms with E-state index in [1.54, 1.807) is 55.4 Å². The first-order chi connectivity index (χ1) is 60.2. The number of hydrogen-bond donors (Lipinski definition) is 29. The standard InChI is InChI=1S/C74H130N28O19S6/c1-9-36(5)54(99-50(103)26-76)67(116)97-46-32-124-123-31-45(60(109)88-28-52(105)90-43(71(120)121)21-17-25-85-74(81)82)96-70(119)57(39(8)12-4)102-66(115)49-35-127-126-34-48(93-61(110)41(91-63(46)112)19-15-23-83-72(77)78)65(114)101-56(38(7)11-3)69(118)95-44-30-122-125-33-47(64(113)92-42(62(111)94-49)20-16-24-84-73(79)80)98-68(117)55(37(6)10-2)100-53(106)29-86-58(107)40(18-13-14-22-75)89-51(104)27-87-59(44)108/h36-49,54-57H,9-35,75-76H2,1-8H3,(H,86,107)(H,87,108)(H,88,109)(H,89,104)(H,90,105)(H,91,112)(H,92,113)(H,93,110)(H,94,111)(H,95,118)(H,96,119)(H,97,116)(H,98,117)(H,99,103)(H,100,106)(H,101,114)(H,102,115)(H,120,121)(H4,77,78,83)(H4,79,80,84)(H4,81,82,85)/t36-,37-,38-,39-,40-,41-,42-,43-,44-,45-,46-,47-,48-,49-,54-,55-,56-,57-/m0/s1. The minimum Gasteiger partial charge on any atom is -0.480 e. The van der Waals surface area contributed by atoms with Crippen molar-refractivity contribution in [2.75, 3.05) is 86.9 Å². The molecule has 47 nitrogen and oxygen atoms in total. The van der Waals surface area contributed by atoms with E-state index in [1.807, 2.05) is 0 Å². The Morgan fingerprint density at radius 1 is 0.425 bits per heavy atom. The second kappa shape index (κ2) is 60.2. The Labute approximate surface area is 761 Å². The molecule has 0 unspecified atom stereocenters. The van der Waals surface area contributed by atoms with Crippen molar-refractivity contribution in [3.8, 4) is 0 Å². The topological polar surface area (TPSA) is 770 Å². The number of aliphatic carboxylic acids is 1. The van der Waals surface area contributed by atoms with Crippen LogP contribution >= 0.6 is 64.8 Å². The predicted molar refractivity (Wildman–Crippen MR) is 486 cm³/mol. The Kier molecular flexibility index (Phi) is 52.8. The first kappa shape index (κ1) is 111. The summed E-state index contributed by atoms with van der Waals surface area (Å²) in [5.41, 5.74) is 28.1. The molecule has 3 saturated heterocycles. The molecular weight excluding hydrogens is 1780 g/mol. The first-order valence-electron chi connectivity index (χ1n) is 41.9. The fourth-order valence-corrected chi connectivity index (χ4v) is 19.2. The van der Waals surface area contributed by atoms with Crippen LogP contribution in [-0.4, -0.2) is 301 Å². The van der Waals surface area contributed by atoms with Gasteiger partial charge in [-0.15, -0.1) is 0 Å². The monoisotopic (exact) mass is 1910 g/mol. The summed E-state index contributed by atoms with van der Waals surface area (Å²) >= 11 is 0. The van der Waals surface area contributed by atoms with E-state index < -0.39 is 287 Å². The van der Waals surface area contributed by atoms with E-state index in [0.717, 1.165) is 64.8 Å². The van der Waals surface area contributed by atoms with Crippen LogP contribution in [0.25, 0.3) is 0 Å².